The minimum atomic E-state index is 0.720. The fraction of sp³-hybridized carbons (Fsp3) is 0.750. The van der Waals surface area contributed by atoms with Crippen LogP contribution in [-0.2, 0) is 0 Å². The lowest BCUT2D eigenvalue weighted by Gasteiger charge is -2.42. The van der Waals surface area contributed by atoms with Crippen LogP contribution < -0.4 is 0 Å². The summed E-state index contributed by atoms with van der Waals surface area (Å²) < 4.78 is 2.27. The van der Waals surface area contributed by atoms with Crippen molar-refractivity contribution in [1.29, 1.82) is 0 Å². The molecule has 0 aliphatic heterocycles. The van der Waals surface area contributed by atoms with Crippen LogP contribution >= 0.6 is 0 Å². The van der Waals surface area contributed by atoms with E-state index in [1.54, 1.807) is 0 Å². The molecule has 2 heteroatoms. The predicted octanol–water partition coefficient (Wildman–Crippen LogP) is 2.94. The lowest BCUT2D eigenvalue weighted by atomic mass is 9.68. The van der Waals surface area contributed by atoms with E-state index in [0.29, 0.717) is 0 Å². The summed E-state index contributed by atoms with van der Waals surface area (Å²) in [4.78, 5) is 0. The molecule has 0 amide bonds. The lowest BCUT2D eigenvalue weighted by molar-refractivity contribution is 0.0958. The molecule has 0 radical (unpaired) electrons. The fourth-order valence-electron chi connectivity index (χ4n) is 3.37. The second-order valence-electron chi connectivity index (χ2n) is 5.00. The molecule has 3 fully saturated rings. The van der Waals surface area contributed by atoms with Crippen molar-refractivity contribution in [1.82, 2.24) is 9.78 Å². The molecule has 0 spiro atoms. The minimum absolute atomic E-state index is 0.720. The van der Waals surface area contributed by atoms with Crippen LogP contribution in [0.1, 0.15) is 43.8 Å². The zero-order valence-electron chi connectivity index (χ0n) is 8.82. The summed E-state index contributed by atoms with van der Waals surface area (Å²) in [7, 11) is 0. The van der Waals surface area contributed by atoms with E-state index in [1.807, 2.05) is 6.20 Å². The van der Waals surface area contributed by atoms with Crippen molar-refractivity contribution in [2.24, 2.45) is 11.8 Å². The highest BCUT2D eigenvalue weighted by molar-refractivity contribution is 5.01. The van der Waals surface area contributed by atoms with Crippen molar-refractivity contribution in [2.75, 3.05) is 0 Å². The molecule has 4 rings (SSSR count). The molecule has 0 N–H and O–H groups in total. The van der Waals surface area contributed by atoms with E-state index in [9.17, 15) is 0 Å². The monoisotopic (exact) mass is 190 g/mol. The van der Waals surface area contributed by atoms with Crippen molar-refractivity contribution < 1.29 is 0 Å². The normalized spacial score (nSPS) is 36.2. The number of nitrogens with zero attached hydrogens (tertiary/aromatic N) is 2. The van der Waals surface area contributed by atoms with Crippen molar-refractivity contribution in [3.63, 3.8) is 0 Å². The second-order valence-corrected chi connectivity index (χ2v) is 5.00. The first-order chi connectivity index (χ1) is 6.84. The van der Waals surface area contributed by atoms with Gasteiger partial charge in [-0.1, -0.05) is 12.8 Å². The first-order valence-corrected chi connectivity index (χ1v) is 5.84. The van der Waals surface area contributed by atoms with Gasteiger partial charge in [-0.25, -0.2) is 0 Å². The van der Waals surface area contributed by atoms with Gasteiger partial charge in [0.15, 0.2) is 0 Å². The summed E-state index contributed by atoms with van der Waals surface area (Å²) in [5.41, 5.74) is 1.34. The number of hydrogen-bond donors (Lipinski definition) is 0. The smallest absolute Gasteiger partial charge is 0.0553 e. The zero-order chi connectivity index (χ0) is 9.54. The van der Waals surface area contributed by atoms with E-state index in [0.717, 1.165) is 17.9 Å². The summed E-state index contributed by atoms with van der Waals surface area (Å²) in [6.45, 7) is 2.18. The van der Waals surface area contributed by atoms with E-state index in [4.69, 9.17) is 0 Å². The molecule has 1 heterocycles. The molecule has 2 nitrogen and oxygen atoms in total. The fourth-order valence-corrected chi connectivity index (χ4v) is 3.37. The quantitative estimate of drug-likeness (QED) is 0.665. The zero-order valence-corrected chi connectivity index (χ0v) is 8.82. The summed E-state index contributed by atoms with van der Waals surface area (Å²) in [5.74, 6) is 1.91. The van der Waals surface area contributed by atoms with Gasteiger partial charge in [-0.2, -0.15) is 5.10 Å². The van der Waals surface area contributed by atoms with Crippen molar-refractivity contribution in [3.05, 3.63) is 18.0 Å². The van der Waals surface area contributed by atoms with Gasteiger partial charge in [0.25, 0.3) is 0 Å². The molecule has 1 aromatic rings. The van der Waals surface area contributed by atoms with Gasteiger partial charge < -0.3 is 0 Å². The van der Waals surface area contributed by atoms with Crippen LogP contribution in [0, 0.1) is 18.8 Å². The van der Waals surface area contributed by atoms with Gasteiger partial charge in [0, 0.05) is 11.9 Å². The Kier molecular flexibility index (Phi) is 1.89. The molecule has 1 aromatic heterocycles. The molecule has 2 bridgehead atoms. The van der Waals surface area contributed by atoms with Gasteiger partial charge in [0.2, 0.25) is 0 Å². The third kappa shape index (κ3) is 1.20. The van der Waals surface area contributed by atoms with Gasteiger partial charge >= 0.3 is 0 Å². The summed E-state index contributed by atoms with van der Waals surface area (Å²) >= 11 is 0. The molecular formula is C12H18N2. The number of aromatic nitrogens is 2. The van der Waals surface area contributed by atoms with Gasteiger partial charge in [-0.05, 0) is 44.1 Å². The van der Waals surface area contributed by atoms with Crippen LogP contribution in [0.3, 0.4) is 0 Å². The summed E-state index contributed by atoms with van der Waals surface area (Å²) in [5, 5.41) is 4.47. The third-order valence-electron chi connectivity index (χ3n) is 4.19. The maximum atomic E-state index is 4.47. The Bertz CT molecular complexity index is 321. The molecule has 1 unspecified atom stereocenters. The SMILES string of the molecule is Cc1ccnn1C1CC2CCC1CC2. The van der Waals surface area contributed by atoms with Gasteiger partial charge in [-0.3, -0.25) is 4.68 Å². The van der Waals surface area contributed by atoms with E-state index in [2.05, 4.69) is 22.8 Å². The maximum Gasteiger partial charge on any atom is 0.0553 e. The highest BCUT2D eigenvalue weighted by atomic mass is 15.3. The number of aryl methyl sites for hydroxylation is 1. The first-order valence-electron chi connectivity index (χ1n) is 5.84. The standard InChI is InChI=1S/C12H18N2/c1-9-6-7-13-14(9)12-8-10-2-4-11(12)5-3-10/h6-7,10-12H,2-5,8H2,1H3. The Balaban J connectivity index is 1.89. The van der Waals surface area contributed by atoms with Gasteiger partial charge in [0.05, 0.1) is 6.04 Å². The Morgan fingerprint density at radius 1 is 1.29 bits per heavy atom. The van der Waals surface area contributed by atoms with E-state index >= 15 is 0 Å². The van der Waals surface area contributed by atoms with Gasteiger partial charge in [0.1, 0.15) is 0 Å². The van der Waals surface area contributed by atoms with Crippen molar-refractivity contribution >= 4 is 0 Å². The van der Waals surface area contributed by atoms with Crippen LogP contribution in [0.2, 0.25) is 0 Å². The van der Waals surface area contributed by atoms with Crippen LogP contribution in [0.4, 0.5) is 0 Å². The maximum absolute atomic E-state index is 4.47. The lowest BCUT2D eigenvalue weighted by Crippen LogP contribution is -2.33. The molecule has 0 saturated heterocycles. The summed E-state index contributed by atoms with van der Waals surface area (Å²) in [6, 6.07) is 2.85. The Labute approximate surface area is 85.3 Å². The molecule has 1 atom stereocenters. The molecule has 3 saturated carbocycles. The van der Waals surface area contributed by atoms with Crippen LogP contribution in [0.25, 0.3) is 0 Å². The molecule has 0 aromatic carbocycles. The average Bonchev–Trinajstić information content (AvgIpc) is 2.66. The predicted molar refractivity (Wildman–Crippen MR) is 56.1 cm³/mol. The first kappa shape index (κ1) is 8.51. The topological polar surface area (TPSA) is 17.8 Å². The Morgan fingerprint density at radius 3 is 2.57 bits per heavy atom. The third-order valence-corrected chi connectivity index (χ3v) is 4.19. The van der Waals surface area contributed by atoms with Gasteiger partial charge in [-0.15, -0.1) is 0 Å². The summed E-state index contributed by atoms with van der Waals surface area (Å²) in [6.07, 6.45) is 9.15. The van der Waals surface area contributed by atoms with Crippen LogP contribution in [-0.4, -0.2) is 9.78 Å². The number of hydrogen-bond acceptors (Lipinski definition) is 1. The minimum Gasteiger partial charge on any atom is -0.267 e. The van der Waals surface area contributed by atoms with Crippen molar-refractivity contribution in [2.45, 2.75) is 45.1 Å². The van der Waals surface area contributed by atoms with Crippen molar-refractivity contribution in [3.8, 4) is 0 Å². The highest BCUT2D eigenvalue weighted by Crippen LogP contribution is 2.47. The Hall–Kier alpha value is -0.790. The molecule has 3 aliphatic rings. The molecule has 76 valence electrons. The van der Waals surface area contributed by atoms with E-state index < -0.39 is 0 Å². The molecule has 3 aliphatic carbocycles. The number of fused-ring (bicyclic) bond motifs is 3. The van der Waals surface area contributed by atoms with E-state index in [1.165, 1.54) is 37.8 Å². The largest absolute Gasteiger partial charge is 0.267 e. The van der Waals surface area contributed by atoms with Crippen LogP contribution in [0.5, 0.6) is 0 Å². The average molecular weight is 190 g/mol. The molecular weight excluding hydrogens is 172 g/mol. The number of rotatable bonds is 1. The molecule has 14 heavy (non-hydrogen) atoms. The van der Waals surface area contributed by atoms with Crippen LogP contribution in [0.15, 0.2) is 12.3 Å². The highest BCUT2D eigenvalue weighted by Gasteiger charge is 2.37. The second kappa shape index (κ2) is 3.11. The Morgan fingerprint density at radius 2 is 2.07 bits per heavy atom. The van der Waals surface area contributed by atoms with E-state index in [-0.39, 0.29) is 0 Å².